The van der Waals surface area contributed by atoms with Gasteiger partial charge in [0, 0.05) is 26.1 Å². The zero-order valence-corrected chi connectivity index (χ0v) is 23.8. The van der Waals surface area contributed by atoms with Gasteiger partial charge in [0.15, 0.2) is 0 Å². The van der Waals surface area contributed by atoms with Gasteiger partial charge in [-0.15, -0.1) is 0 Å². The van der Waals surface area contributed by atoms with E-state index in [0.29, 0.717) is 16.7 Å². The Balaban J connectivity index is 1.29. The Hall–Kier alpha value is -3.49. The molecule has 4 atom stereocenters. The molecule has 0 unspecified atom stereocenters. The molecular formula is C29H33FN4O5S. The van der Waals surface area contributed by atoms with Gasteiger partial charge in [-0.05, 0) is 86.4 Å². The van der Waals surface area contributed by atoms with Crippen molar-refractivity contribution >= 4 is 22.0 Å². The molecule has 11 heteroatoms. The molecular weight excluding hydrogens is 535 g/mol. The lowest BCUT2D eigenvalue weighted by molar-refractivity contribution is -0.128. The number of carbonyl (C=O) groups excluding carboxylic acids is 2. The Kier molecular flexibility index (Phi) is 7.13. The van der Waals surface area contributed by atoms with Crippen LogP contribution in [0.4, 0.5) is 9.18 Å². The third kappa shape index (κ3) is 5.18. The van der Waals surface area contributed by atoms with Crippen LogP contribution in [0.5, 0.6) is 0 Å². The highest BCUT2D eigenvalue weighted by atomic mass is 32.2. The van der Waals surface area contributed by atoms with Crippen LogP contribution in [-0.2, 0) is 32.5 Å². The van der Waals surface area contributed by atoms with Crippen molar-refractivity contribution in [2.24, 2.45) is 5.92 Å². The van der Waals surface area contributed by atoms with Crippen molar-refractivity contribution in [1.82, 2.24) is 14.5 Å². The molecule has 2 fully saturated rings. The number of sulfonamides is 1. The Morgan fingerprint density at radius 2 is 1.88 bits per heavy atom. The minimum atomic E-state index is -3.48. The highest BCUT2D eigenvalue weighted by molar-refractivity contribution is 7.89. The van der Waals surface area contributed by atoms with Crippen molar-refractivity contribution in [2.45, 2.75) is 81.6 Å². The van der Waals surface area contributed by atoms with Gasteiger partial charge in [0.2, 0.25) is 15.9 Å². The second-order valence-electron chi connectivity index (χ2n) is 11.8. The molecule has 2 amide bonds. The molecule has 40 heavy (non-hydrogen) atoms. The lowest BCUT2D eigenvalue weighted by Gasteiger charge is -2.35. The monoisotopic (exact) mass is 568 g/mol. The van der Waals surface area contributed by atoms with Crippen molar-refractivity contribution in [3.05, 3.63) is 53.3 Å². The summed E-state index contributed by atoms with van der Waals surface area (Å²) in [6.45, 7) is 5.57. The van der Waals surface area contributed by atoms with E-state index in [1.165, 1.54) is 28.4 Å². The first-order valence-electron chi connectivity index (χ1n) is 13.4. The Bertz CT molecular complexity index is 1510. The van der Waals surface area contributed by atoms with Crippen LogP contribution in [0.2, 0.25) is 0 Å². The van der Waals surface area contributed by atoms with E-state index < -0.39 is 45.5 Å². The Labute approximate surface area is 234 Å². The minimum Gasteiger partial charge on any atom is -0.444 e. The molecule has 0 radical (unpaired) electrons. The van der Waals surface area contributed by atoms with Crippen molar-refractivity contribution in [3.63, 3.8) is 0 Å². The number of nitriles is 1. The number of nitrogens with zero attached hydrogens (tertiary/aromatic N) is 3. The number of amides is 2. The van der Waals surface area contributed by atoms with Crippen molar-refractivity contribution in [3.8, 4) is 17.2 Å². The maximum Gasteiger partial charge on any atom is 0.411 e. The molecule has 9 nitrogen and oxygen atoms in total. The van der Waals surface area contributed by atoms with E-state index in [2.05, 4.69) is 11.4 Å². The summed E-state index contributed by atoms with van der Waals surface area (Å²) in [6, 6.07) is 9.82. The molecule has 2 aromatic rings. The largest absolute Gasteiger partial charge is 0.444 e. The summed E-state index contributed by atoms with van der Waals surface area (Å²) < 4.78 is 46.7. The summed E-state index contributed by atoms with van der Waals surface area (Å²) in [5.74, 6) is -0.970. The number of hydrogen-bond donors (Lipinski definition) is 1. The molecule has 2 aromatic carbocycles. The van der Waals surface area contributed by atoms with Gasteiger partial charge in [0.25, 0.3) is 0 Å². The SMILES string of the molecule is CN1Cc2cc(-c3ccc(C[C@@H](C#N)NC(=O)[C@@H]4[C@H]5CC[C@H](C5)N4C(=O)OC(C)(C)C)c(F)c3)ccc2S1(=O)=O. The normalized spacial score (nSPS) is 23.9. The summed E-state index contributed by atoms with van der Waals surface area (Å²) in [5, 5.41) is 12.5. The van der Waals surface area contributed by atoms with E-state index in [1.807, 2.05) is 0 Å². The van der Waals surface area contributed by atoms with E-state index in [9.17, 15) is 23.3 Å². The van der Waals surface area contributed by atoms with Crippen molar-refractivity contribution < 1.29 is 27.1 Å². The minimum absolute atomic E-state index is 0.00465. The van der Waals surface area contributed by atoms with Gasteiger partial charge in [0.1, 0.15) is 23.5 Å². The second-order valence-corrected chi connectivity index (χ2v) is 13.9. The van der Waals surface area contributed by atoms with E-state index in [0.717, 1.165) is 19.3 Å². The second kappa shape index (κ2) is 10.2. The summed E-state index contributed by atoms with van der Waals surface area (Å²) in [4.78, 5) is 28.0. The van der Waals surface area contributed by atoms with E-state index in [1.54, 1.807) is 45.0 Å². The number of nitrogens with one attached hydrogen (secondary N) is 1. The van der Waals surface area contributed by atoms with Crippen LogP contribution in [0.25, 0.3) is 11.1 Å². The number of ether oxygens (including phenoxy) is 1. The topological polar surface area (TPSA) is 120 Å². The predicted molar refractivity (Wildman–Crippen MR) is 145 cm³/mol. The first kappa shape index (κ1) is 28.1. The van der Waals surface area contributed by atoms with Gasteiger partial charge in [-0.3, -0.25) is 9.69 Å². The van der Waals surface area contributed by atoms with Gasteiger partial charge >= 0.3 is 6.09 Å². The molecule has 212 valence electrons. The van der Waals surface area contributed by atoms with E-state index >= 15 is 4.39 Å². The molecule has 2 bridgehead atoms. The molecule has 3 aliphatic rings. The van der Waals surface area contributed by atoms with Gasteiger partial charge in [-0.2, -0.15) is 9.57 Å². The number of fused-ring (bicyclic) bond motifs is 3. The molecule has 1 N–H and O–H groups in total. The average molecular weight is 569 g/mol. The van der Waals surface area contributed by atoms with E-state index in [-0.39, 0.29) is 35.4 Å². The summed E-state index contributed by atoms with van der Waals surface area (Å²) in [7, 11) is -1.97. The van der Waals surface area contributed by atoms with Gasteiger partial charge in [-0.25, -0.2) is 17.6 Å². The first-order valence-corrected chi connectivity index (χ1v) is 14.8. The van der Waals surface area contributed by atoms with Crippen LogP contribution in [-0.4, -0.2) is 60.4 Å². The van der Waals surface area contributed by atoms with Crippen LogP contribution in [0.1, 0.15) is 51.2 Å². The lowest BCUT2D eigenvalue weighted by Crippen LogP contribution is -2.55. The van der Waals surface area contributed by atoms with Crippen LogP contribution >= 0.6 is 0 Å². The summed E-state index contributed by atoms with van der Waals surface area (Å²) >= 11 is 0. The molecule has 0 aromatic heterocycles. The van der Waals surface area contributed by atoms with Gasteiger partial charge < -0.3 is 10.1 Å². The lowest BCUT2D eigenvalue weighted by atomic mass is 9.96. The number of rotatable bonds is 5. The van der Waals surface area contributed by atoms with E-state index in [4.69, 9.17) is 4.74 Å². The number of piperidine rings is 1. The third-order valence-electron chi connectivity index (χ3n) is 7.88. The van der Waals surface area contributed by atoms with Crippen LogP contribution in [0.15, 0.2) is 41.3 Å². The third-order valence-corrected chi connectivity index (χ3v) is 9.79. The fourth-order valence-electron chi connectivity index (χ4n) is 6.03. The quantitative estimate of drug-likeness (QED) is 0.583. The molecule has 1 aliphatic carbocycles. The molecule has 2 aliphatic heterocycles. The highest BCUT2D eigenvalue weighted by Gasteiger charge is 2.52. The fourth-order valence-corrected chi connectivity index (χ4v) is 7.37. The molecule has 1 saturated heterocycles. The summed E-state index contributed by atoms with van der Waals surface area (Å²) in [6.07, 6.45) is 1.76. The number of hydrogen-bond acceptors (Lipinski definition) is 6. The van der Waals surface area contributed by atoms with Gasteiger partial charge in [0.05, 0.1) is 11.0 Å². The number of benzene rings is 2. The Morgan fingerprint density at radius 3 is 2.55 bits per heavy atom. The maximum absolute atomic E-state index is 15.2. The van der Waals surface area contributed by atoms with Crippen LogP contribution in [0.3, 0.4) is 0 Å². The molecule has 1 saturated carbocycles. The number of likely N-dealkylation sites (tertiary alicyclic amines) is 1. The van der Waals surface area contributed by atoms with Gasteiger partial charge in [-0.1, -0.05) is 18.2 Å². The van der Waals surface area contributed by atoms with Crippen LogP contribution in [0, 0.1) is 23.1 Å². The molecule has 0 spiro atoms. The Morgan fingerprint density at radius 1 is 1.18 bits per heavy atom. The van der Waals surface area contributed by atoms with Crippen LogP contribution < -0.4 is 5.32 Å². The smallest absolute Gasteiger partial charge is 0.411 e. The van der Waals surface area contributed by atoms with Crippen molar-refractivity contribution in [2.75, 3.05) is 7.05 Å². The first-order chi connectivity index (χ1) is 18.8. The number of halogens is 1. The summed E-state index contributed by atoms with van der Waals surface area (Å²) in [5.41, 5.74) is 1.46. The highest BCUT2D eigenvalue weighted by Crippen LogP contribution is 2.43. The molecule has 5 rings (SSSR count). The number of carbonyl (C=O) groups is 2. The van der Waals surface area contributed by atoms with Crippen molar-refractivity contribution in [1.29, 1.82) is 5.26 Å². The maximum atomic E-state index is 15.2. The standard InChI is InChI=1S/C29H33FN4O5S/c1-29(2,3)39-28(36)34-23-9-7-20(13-23)26(34)27(35)32-22(15-31)12-19-6-5-18(14-24(19)30)17-8-10-25-21(11-17)16-33(4)40(25,37)38/h5-6,8,10-11,14,20,22-23,26H,7,9,12-13,16H2,1-4H3,(H,32,35)/t20-,22-,23+,26-/m0/s1. The average Bonchev–Trinajstić information content (AvgIpc) is 3.55. The zero-order valence-electron chi connectivity index (χ0n) is 23.0. The zero-order chi connectivity index (χ0) is 29.0. The molecule has 2 heterocycles. The fraction of sp³-hybridized carbons (Fsp3) is 0.483. The predicted octanol–water partition coefficient (Wildman–Crippen LogP) is 3.97.